The smallest absolute Gasteiger partial charge is 0.234 e. The number of hydrogen-bond acceptors (Lipinski definition) is 4. The number of hydrogen-bond donors (Lipinski definition) is 1. The second kappa shape index (κ2) is 7.48. The Labute approximate surface area is 130 Å². The first-order valence-electron chi connectivity index (χ1n) is 7.13. The maximum absolute atomic E-state index is 12.0. The van der Waals surface area contributed by atoms with Crippen molar-refractivity contribution in [2.24, 2.45) is 0 Å². The highest BCUT2D eigenvalue weighted by Crippen LogP contribution is 2.30. The van der Waals surface area contributed by atoms with Gasteiger partial charge in [-0.3, -0.25) is 9.69 Å². The van der Waals surface area contributed by atoms with E-state index in [1.165, 1.54) is 29.7 Å². The number of aryl methyl sites for hydroxylation is 1. The Morgan fingerprint density at radius 3 is 2.95 bits per heavy atom. The molecule has 1 N–H and O–H groups in total. The minimum Gasteiger partial charge on any atom is -0.350 e. The van der Waals surface area contributed by atoms with Crippen LogP contribution in [-0.2, 0) is 11.3 Å². The standard InChI is InChI=1S/C15H24N2OS2/c1-11-6-7-20-14(11)9-16-15(18)10-17(2)12-4-5-13(8-12)19-3/h6-7,12-13H,4-5,8-10H2,1-3H3,(H,16,18)/t12-,13-/m0/s1. The van der Waals surface area contributed by atoms with Gasteiger partial charge in [-0.2, -0.15) is 11.8 Å². The van der Waals surface area contributed by atoms with Gasteiger partial charge in [0.05, 0.1) is 13.1 Å². The molecule has 1 fully saturated rings. The topological polar surface area (TPSA) is 32.3 Å². The largest absolute Gasteiger partial charge is 0.350 e. The quantitative estimate of drug-likeness (QED) is 0.876. The summed E-state index contributed by atoms with van der Waals surface area (Å²) in [6, 6.07) is 2.67. The number of thiophene rings is 1. The normalized spacial score (nSPS) is 22.4. The molecule has 1 aromatic heterocycles. The third kappa shape index (κ3) is 4.24. The molecule has 2 atom stereocenters. The second-order valence-corrected chi connectivity index (χ2v) is 7.68. The van der Waals surface area contributed by atoms with Crippen LogP contribution in [-0.4, -0.2) is 41.9 Å². The maximum Gasteiger partial charge on any atom is 0.234 e. The molecule has 1 saturated carbocycles. The summed E-state index contributed by atoms with van der Waals surface area (Å²) in [7, 11) is 2.07. The summed E-state index contributed by atoms with van der Waals surface area (Å²) in [6.45, 7) is 3.26. The molecule has 1 aliphatic rings. The molecule has 3 nitrogen and oxygen atoms in total. The summed E-state index contributed by atoms with van der Waals surface area (Å²) in [6.07, 6.45) is 5.91. The number of nitrogens with one attached hydrogen (secondary N) is 1. The van der Waals surface area contributed by atoms with E-state index in [0.717, 1.165) is 5.25 Å². The van der Waals surface area contributed by atoms with Gasteiger partial charge in [0.2, 0.25) is 5.91 Å². The minimum atomic E-state index is 0.132. The Kier molecular flexibility index (Phi) is 5.93. The highest BCUT2D eigenvalue weighted by atomic mass is 32.2. The average Bonchev–Trinajstić information content (AvgIpc) is 3.05. The van der Waals surface area contributed by atoms with Gasteiger partial charge in [-0.05, 0) is 56.5 Å². The van der Waals surface area contributed by atoms with Crippen molar-refractivity contribution >= 4 is 29.0 Å². The fourth-order valence-electron chi connectivity index (χ4n) is 2.71. The summed E-state index contributed by atoms with van der Waals surface area (Å²) in [4.78, 5) is 15.5. The first kappa shape index (κ1) is 15.9. The highest BCUT2D eigenvalue weighted by Gasteiger charge is 2.27. The molecule has 0 spiro atoms. The van der Waals surface area contributed by atoms with E-state index in [-0.39, 0.29) is 5.91 Å². The molecule has 5 heteroatoms. The molecule has 20 heavy (non-hydrogen) atoms. The van der Waals surface area contributed by atoms with Crippen LogP contribution in [0.4, 0.5) is 0 Å². The summed E-state index contributed by atoms with van der Waals surface area (Å²) in [5.41, 5.74) is 1.27. The SMILES string of the molecule is CS[C@H]1CC[C@H](N(C)CC(=O)NCc2sccc2C)C1. The fraction of sp³-hybridized carbons (Fsp3) is 0.667. The lowest BCUT2D eigenvalue weighted by molar-refractivity contribution is -0.122. The summed E-state index contributed by atoms with van der Waals surface area (Å²) in [5, 5.41) is 5.88. The molecule has 1 amide bonds. The van der Waals surface area contributed by atoms with E-state index in [1.54, 1.807) is 11.3 Å². The number of rotatable bonds is 6. The molecule has 0 radical (unpaired) electrons. The lowest BCUT2D eigenvalue weighted by Gasteiger charge is -2.23. The molecule has 1 heterocycles. The van der Waals surface area contributed by atoms with Crippen LogP contribution in [0.3, 0.4) is 0 Å². The molecule has 1 aromatic rings. The first-order chi connectivity index (χ1) is 9.60. The van der Waals surface area contributed by atoms with Crippen LogP contribution in [0.2, 0.25) is 0 Å². The van der Waals surface area contributed by atoms with Crippen LogP contribution in [0.15, 0.2) is 11.4 Å². The molecule has 0 aromatic carbocycles. The van der Waals surface area contributed by atoms with Crippen molar-refractivity contribution in [1.82, 2.24) is 10.2 Å². The van der Waals surface area contributed by atoms with Crippen LogP contribution >= 0.6 is 23.1 Å². The average molecular weight is 313 g/mol. The predicted molar refractivity (Wildman–Crippen MR) is 88.5 cm³/mol. The van der Waals surface area contributed by atoms with Crippen molar-refractivity contribution in [1.29, 1.82) is 0 Å². The Balaban J connectivity index is 1.73. The lowest BCUT2D eigenvalue weighted by Crippen LogP contribution is -2.39. The predicted octanol–water partition coefficient (Wildman–Crippen LogP) is 2.89. The van der Waals surface area contributed by atoms with Crippen LogP contribution in [0.5, 0.6) is 0 Å². The van der Waals surface area contributed by atoms with Crippen molar-refractivity contribution in [3.63, 3.8) is 0 Å². The first-order valence-corrected chi connectivity index (χ1v) is 9.29. The summed E-state index contributed by atoms with van der Waals surface area (Å²) in [5.74, 6) is 0.132. The molecule has 1 aliphatic carbocycles. The Bertz CT molecular complexity index is 447. The van der Waals surface area contributed by atoms with Crippen molar-refractivity contribution in [3.05, 3.63) is 21.9 Å². The minimum absolute atomic E-state index is 0.132. The number of amides is 1. The number of carbonyl (C=O) groups is 1. The Morgan fingerprint density at radius 2 is 2.35 bits per heavy atom. The van der Waals surface area contributed by atoms with E-state index in [2.05, 4.69) is 41.9 Å². The highest BCUT2D eigenvalue weighted by molar-refractivity contribution is 7.99. The van der Waals surface area contributed by atoms with Crippen LogP contribution in [0.1, 0.15) is 29.7 Å². The zero-order chi connectivity index (χ0) is 14.5. The van der Waals surface area contributed by atoms with Crippen molar-refractivity contribution in [3.8, 4) is 0 Å². The van der Waals surface area contributed by atoms with Gasteiger partial charge in [-0.25, -0.2) is 0 Å². The van der Waals surface area contributed by atoms with Gasteiger partial charge in [0.15, 0.2) is 0 Å². The van der Waals surface area contributed by atoms with Gasteiger partial charge in [0.1, 0.15) is 0 Å². The van der Waals surface area contributed by atoms with Gasteiger partial charge in [0.25, 0.3) is 0 Å². The summed E-state index contributed by atoms with van der Waals surface area (Å²) >= 11 is 3.66. The van der Waals surface area contributed by atoms with E-state index in [4.69, 9.17) is 0 Å². The zero-order valence-electron chi connectivity index (χ0n) is 12.5. The van der Waals surface area contributed by atoms with Crippen molar-refractivity contribution in [2.45, 2.75) is 44.0 Å². The van der Waals surface area contributed by atoms with E-state index in [0.29, 0.717) is 19.1 Å². The van der Waals surface area contributed by atoms with E-state index >= 15 is 0 Å². The van der Waals surface area contributed by atoms with E-state index in [9.17, 15) is 4.79 Å². The molecule has 0 bridgehead atoms. The van der Waals surface area contributed by atoms with E-state index < -0.39 is 0 Å². The number of likely N-dealkylation sites (N-methyl/N-ethyl adjacent to an activating group) is 1. The van der Waals surface area contributed by atoms with Gasteiger partial charge < -0.3 is 5.32 Å². The third-order valence-corrected chi connectivity index (χ3v) is 6.24. The molecular weight excluding hydrogens is 288 g/mol. The van der Waals surface area contributed by atoms with Crippen molar-refractivity contribution in [2.75, 3.05) is 19.8 Å². The van der Waals surface area contributed by atoms with Crippen molar-refractivity contribution < 1.29 is 4.79 Å². The van der Waals surface area contributed by atoms with Crippen LogP contribution in [0.25, 0.3) is 0 Å². The van der Waals surface area contributed by atoms with Gasteiger partial charge in [-0.1, -0.05) is 0 Å². The Hall–Kier alpha value is -0.520. The Morgan fingerprint density at radius 1 is 1.55 bits per heavy atom. The number of nitrogens with zero attached hydrogens (tertiary/aromatic N) is 1. The summed E-state index contributed by atoms with van der Waals surface area (Å²) < 4.78 is 0. The monoisotopic (exact) mass is 312 g/mol. The van der Waals surface area contributed by atoms with Crippen LogP contribution in [0, 0.1) is 6.92 Å². The van der Waals surface area contributed by atoms with E-state index in [1.807, 2.05) is 11.8 Å². The molecule has 0 saturated heterocycles. The lowest BCUT2D eigenvalue weighted by atomic mass is 10.2. The second-order valence-electron chi connectivity index (χ2n) is 5.54. The van der Waals surface area contributed by atoms with Gasteiger partial charge >= 0.3 is 0 Å². The maximum atomic E-state index is 12.0. The third-order valence-electron chi connectivity index (χ3n) is 4.12. The van der Waals surface area contributed by atoms with Crippen LogP contribution < -0.4 is 5.32 Å². The van der Waals surface area contributed by atoms with Gasteiger partial charge in [-0.15, -0.1) is 11.3 Å². The molecule has 2 rings (SSSR count). The zero-order valence-corrected chi connectivity index (χ0v) is 14.1. The fourth-order valence-corrected chi connectivity index (χ4v) is 4.34. The molecular formula is C15H24N2OS2. The number of carbonyl (C=O) groups excluding carboxylic acids is 1. The molecule has 112 valence electrons. The molecule has 0 unspecified atom stereocenters. The molecule has 0 aliphatic heterocycles. The number of thioether (sulfide) groups is 1. The van der Waals surface area contributed by atoms with Gasteiger partial charge in [0, 0.05) is 16.2 Å².